The smallest absolute Gasteiger partial charge is 0.245 e. The summed E-state index contributed by atoms with van der Waals surface area (Å²) in [7, 11) is 0. The Morgan fingerprint density at radius 2 is 1.64 bits per heavy atom. The zero-order valence-corrected chi connectivity index (χ0v) is 19.4. The van der Waals surface area contributed by atoms with Crippen molar-refractivity contribution < 1.29 is 9.59 Å². The maximum atomic E-state index is 13.5. The molecule has 5 heteroatoms. The first kappa shape index (κ1) is 23.2. The Hall–Kier alpha value is -2.92. The van der Waals surface area contributed by atoms with Gasteiger partial charge in [-0.3, -0.25) is 9.59 Å². The molecule has 1 N–H and O–H groups in total. The number of nitrogens with zero attached hydrogens (tertiary/aromatic N) is 2. The number of hydrogen-bond acceptors (Lipinski definition) is 3. The summed E-state index contributed by atoms with van der Waals surface area (Å²) < 4.78 is 0. The lowest BCUT2D eigenvalue weighted by atomic mass is 9.98. The molecule has 0 unspecified atom stereocenters. The molecule has 5 nitrogen and oxygen atoms in total. The highest BCUT2D eigenvalue weighted by Gasteiger charge is 2.28. The first-order chi connectivity index (χ1) is 16.2. The monoisotopic (exact) mass is 445 g/mol. The van der Waals surface area contributed by atoms with Gasteiger partial charge < -0.3 is 15.1 Å². The van der Waals surface area contributed by atoms with Crippen LogP contribution in [0.4, 0.5) is 0 Å². The van der Waals surface area contributed by atoms with Gasteiger partial charge in [-0.05, 0) is 74.5 Å². The zero-order valence-electron chi connectivity index (χ0n) is 19.4. The van der Waals surface area contributed by atoms with Crippen LogP contribution in [0.2, 0.25) is 0 Å². The molecule has 2 aromatic carbocycles. The quantitative estimate of drug-likeness (QED) is 0.624. The highest BCUT2D eigenvalue weighted by Crippen LogP contribution is 2.20. The van der Waals surface area contributed by atoms with Crippen molar-refractivity contribution in [1.29, 1.82) is 0 Å². The molecule has 0 saturated carbocycles. The van der Waals surface area contributed by atoms with Gasteiger partial charge in [0.25, 0.3) is 0 Å². The van der Waals surface area contributed by atoms with Crippen LogP contribution >= 0.6 is 0 Å². The van der Waals surface area contributed by atoms with Crippen LogP contribution in [0.25, 0.3) is 6.08 Å². The van der Waals surface area contributed by atoms with Crippen LogP contribution in [0.15, 0.2) is 60.7 Å². The van der Waals surface area contributed by atoms with E-state index < -0.39 is 6.04 Å². The van der Waals surface area contributed by atoms with Crippen molar-refractivity contribution in [3.63, 3.8) is 0 Å². The molecule has 33 heavy (non-hydrogen) atoms. The topological polar surface area (TPSA) is 52.7 Å². The molecule has 0 spiro atoms. The fourth-order valence-corrected chi connectivity index (χ4v) is 4.82. The molecule has 1 saturated heterocycles. The highest BCUT2D eigenvalue weighted by atomic mass is 16.2. The van der Waals surface area contributed by atoms with Crippen LogP contribution in [-0.2, 0) is 22.6 Å². The third-order valence-corrected chi connectivity index (χ3v) is 6.70. The van der Waals surface area contributed by atoms with E-state index in [1.165, 1.54) is 36.5 Å². The van der Waals surface area contributed by atoms with Gasteiger partial charge in [-0.2, -0.15) is 0 Å². The highest BCUT2D eigenvalue weighted by molar-refractivity contribution is 5.95. The van der Waals surface area contributed by atoms with Gasteiger partial charge in [-0.25, -0.2) is 0 Å². The molecule has 1 fully saturated rings. The standard InChI is InChI=1S/C28H35N3O2/c32-27(16-15-23-10-3-1-4-11-23)29-26(14-9-20-30-18-7-2-8-19-30)28(33)31-21-17-24-12-5-6-13-25(24)22-31/h1,3-6,10-13,15-16,26H,2,7-9,14,17-22H2,(H,29,32)/b16-15+/t26-/m0/s1. The van der Waals surface area contributed by atoms with Crippen LogP contribution in [0, 0.1) is 0 Å². The van der Waals surface area contributed by atoms with E-state index in [4.69, 9.17) is 0 Å². The van der Waals surface area contributed by atoms with E-state index >= 15 is 0 Å². The first-order valence-corrected chi connectivity index (χ1v) is 12.3. The molecule has 0 radical (unpaired) electrons. The van der Waals surface area contributed by atoms with Crippen molar-refractivity contribution in [2.24, 2.45) is 0 Å². The third kappa shape index (κ3) is 6.78. The molecule has 2 aliphatic heterocycles. The zero-order chi connectivity index (χ0) is 22.9. The molecular formula is C28H35N3O2. The maximum Gasteiger partial charge on any atom is 0.245 e. The number of rotatable bonds is 8. The van der Waals surface area contributed by atoms with Crippen molar-refractivity contribution >= 4 is 17.9 Å². The third-order valence-electron chi connectivity index (χ3n) is 6.70. The number of carbonyl (C=O) groups excluding carboxylic acids is 2. The summed E-state index contributed by atoms with van der Waals surface area (Å²) >= 11 is 0. The molecule has 1 atom stereocenters. The summed E-state index contributed by atoms with van der Waals surface area (Å²) in [6.07, 6.45) is 9.60. The van der Waals surface area contributed by atoms with Gasteiger partial charge in [0, 0.05) is 19.2 Å². The predicted octanol–water partition coefficient (Wildman–Crippen LogP) is 4.04. The Bertz CT molecular complexity index is 951. The number of carbonyl (C=O) groups is 2. The number of benzene rings is 2. The number of amides is 2. The summed E-state index contributed by atoms with van der Waals surface area (Å²) in [4.78, 5) is 30.6. The predicted molar refractivity (Wildman–Crippen MR) is 132 cm³/mol. The van der Waals surface area contributed by atoms with E-state index in [0.29, 0.717) is 19.5 Å². The summed E-state index contributed by atoms with van der Waals surface area (Å²) in [5.74, 6) is -0.183. The summed E-state index contributed by atoms with van der Waals surface area (Å²) in [5, 5.41) is 3.01. The lowest BCUT2D eigenvalue weighted by Gasteiger charge is -2.32. The van der Waals surface area contributed by atoms with E-state index in [0.717, 1.165) is 38.0 Å². The maximum absolute atomic E-state index is 13.5. The second kappa shape index (κ2) is 11.8. The Morgan fingerprint density at radius 3 is 2.42 bits per heavy atom. The lowest BCUT2D eigenvalue weighted by molar-refractivity contribution is -0.136. The van der Waals surface area contributed by atoms with Crippen LogP contribution < -0.4 is 5.32 Å². The van der Waals surface area contributed by atoms with Gasteiger partial charge in [0.2, 0.25) is 11.8 Å². The second-order valence-electron chi connectivity index (χ2n) is 9.13. The average molecular weight is 446 g/mol. The van der Waals surface area contributed by atoms with Crippen molar-refractivity contribution in [2.75, 3.05) is 26.2 Å². The summed E-state index contributed by atoms with van der Waals surface area (Å²) in [6.45, 7) is 4.60. The van der Waals surface area contributed by atoms with E-state index in [-0.39, 0.29) is 11.8 Å². The minimum Gasteiger partial charge on any atom is -0.341 e. The Labute approximate surface area is 197 Å². The Morgan fingerprint density at radius 1 is 0.909 bits per heavy atom. The van der Waals surface area contributed by atoms with Crippen LogP contribution in [-0.4, -0.2) is 53.8 Å². The average Bonchev–Trinajstić information content (AvgIpc) is 2.87. The van der Waals surface area contributed by atoms with E-state index in [9.17, 15) is 9.59 Å². The fraction of sp³-hybridized carbons (Fsp3) is 0.429. The second-order valence-corrected chi connectivity index (χ2v) is 9.13. The number of likely N-dealkylation sites (tertiary alicyclic amines) is 1. The van der Waals surface area contributed by atoms with Crippen molar-refractivity contribution in [2.45, 2.75) is 51.1 Å². The molecule has 174 valence electrons. The molecule has 2 aromatic rings. The fourth-order valence-electron chi connectivity index (χ4n) is 4.82. The Balaban J connectivity index is 1.39. The number of hydrogen-bond donors (Lipinski definition) is 1. The van der Waals surface area contributed by atoms with Crippen LogP contribution in [0.3, 0.4) is 0 Å². The Kier molecular flexibility index (Phi) is 8.31. The van der Waals surface area contributed by atoms with Crippen LogP contribution in [0.1, 0.15) is 48.8 Å². The van der Waals surface area contributed by atoms with E-state index in [1.807, 2.05) is 41.3 Å². The largest absolute Gasteiger partial charge is 0.341 e. The molecule has 0 aliphatic carbocycles. The minimum absolute atomic E-state index is 0.0320. The molecule has 4 rings (SSSR count). The van der Waals surface area contributed by atoms with Gasteiger partial charge in [-0.1, -0.05) is 61.0 Å². The van der Waals surface area contributed by atoms with Crippen molar-refractivity contribution in [3.8, 4) is 0 Å². The van der Waals surface area contributed by atoms with Gasteiger partial charge in [0.1, 0.15) is 6.04 Å². The SMILES string of the molecule is O=C(/C=C/c1ccccc1)N[C@@H](CCCN1CCCCC1)C(=O)N1CCc2ccccc2C1. The number of fused-ring (bicyclic) bond motifs is 1. The number of nitrogens with one attached hydrogen (secondary N) is 1. The molecule has 2 heterocycles. The normalized spacial score (nSPS) is 17.5. The van der Waals surface area contributed by atoms with Crippen LogP contribution in [0.5, 0.6) is 0 Å². The molecule has 0 bridgehead atoms. The number of piperidine rings is 1. The van der Waals surface area contributed by atoms with Crippen molar-refractivity contribution in [1.82, 2.24) is 15.1 Å². The first-order valence-electron chi connectivity index (χ1n) is 12.3. The summed E-state index contributed by atoms with van der Waals surface area (Å²) in [6, 6.07) is 17.6. The van der Waals surface area contributed by atoms with E-state index in [2.05, 4.69) is 28.4 Å². The minimum atomic E-state index is -0.493. The summed E-state index contributed by atoms with van der Waals surface area (Å²) in [5.41, 5.74) is 3.49. The van der Waals surface area contributed by atoms with Gasteiger partial charge in [0.05, 0.1) is 0 Å². The van der Waals surface area contributed by atoms with Gasteiger partial charge in [0.15, 0.2) is 0 Å². The molecule has 2 aliphatic rings. The molecule has 0 aromatic heterocycles. The lowest BCUT2D eigenvalue weighted by Crippen LogP contribution is -2.49. The van der Waals surface area contributed by atoms with Gasteiger partial charge >= 0.3 is 0 Å². The van der Waals surface area contributed by atoms with E-state index in [1.54, 1.807) is 6.08 Å². The van der Waals surface area contributed by atoms with Gasteiger partial charge in [-0.15, -0.1) is 0 Å². The molecular weight excluding hydrogens is 410 g/mol. The van der Waals surface area contributed by atoms with Crippen molar-refractivity contribution in [3.05, 3.63) is 77.4 Å². The molecule has 2 amide bonds.